The molecule has 0 unspecified atom stereocenters. The number of carbonyl (C=O) groups is 2. The first kappa shape index (κ1) is 18.5. The fraction of sp³-hybridized carbons (Fsp3) is 0.158. The molecular formula is C19H19ClN2O3. The molecule has 0 spiro atoms. The van der Waals surface area contributed by atoms with Crippen LogP contribution < -0.4 is 5.32 Å². The van der Waals surface area contributed by atoms with E-state index in [1.165, 1.54) is 23.1 Å². The lowest BCUT2D eigenvalue weighted by Crippen LogP contribution is -2.29. The molecule has 0 aliphatic carbocycles. The van der Waals surface area contributed by atoms with Gasteiger partial charge in [-0.2, -0.15) is 0 Å². The molecule has 0 saturated heterocycles. The average Bonchev–Trinajstić information content (AvgIpc) is 2.61. The molecule has 0 heterocycles. The number of phenols is 1. The van der Waals surface area contributed by atoms with Crippen molar-refractivity contribution in [2.45, 2.75) is 6.42 Å². The van der Waals surface area contributed by atoms with Crippen LogP contribution in [-0.4, -0.2) is 35.4 Å². The fourth-order valence-electron chi connectivity index (χ4n) is 2.23. The van der Waals surface area contributed by atoms with E-state index >= 15 is 0 Å². The maximum absolute atomic E-state index is 12.6. The smallest absolute Gasteiger partial charge is 0.257 e. The highest BCUT2D eigenvalue weighted by atomic mass is 35.5. The number of rotatable bonds is 6. The van der Waals surface area contributed by atoms with Crippen molar-refractivity contribution < 1.29 is 14.7 Å². The molecule has 0 radical (unpaired) electrons. The average molecular weight is 359 g/mol. The zero-order valence-electron chi connectivity index (χ0n) is 13.8. The maximum atomic E-state index is 12.6. The Bertz CT molecular complexity index is 788. The molecule has 0 bridgehead atoms. The molecule has 25 heavy (non-hydrogen) atoms. The van der Waals surface area contributed by atoms with Crippen LogP contribution in [0.2, 0.25) is 5.02 Å². The molecule has 0 atom stereocenters. The van der Waals surface area contributed by atoms with Crippen molar-refractivity contribution >= 4 is 29.1 Å². The van der Waals surface area contributed by atoms with E-state index in [9.17, 15) is 14.7 Å². The van der Waals surface area contributed by atoms with Gasteiger partial charge in [-0.25, -0.2) is 0 Å². The summed E-state index contributed by atoms with van der Waals surface area (Å²) >= 11 is 5.86. The number of aromatic hydroxyl groups is 1. The van der Waals surface area contributed by atoms with Crippen molar-refractivity contribution in [3.8, 4) is 5.75 Å². The highest BCUT2D eigenvalue weighted by Gasteiger charge is 2.17. The molecular weight excluding hydrogens is 340 g/mol. The fourth-order valence-corrected chi connectivity index (χ4v) is 2.36. The zero-order valence-corrected chi connectivity index (χ0v) is 14.6. The van der Waals surface area contributed by atoms with Crippen LogP contribution in [0.3, 0.4) is 0 Å². The lowest BCUT2D eigenvalue weighted by Gasteiger charge is -2.18. The summed E-state index contributed by atoms with van der Waals surface area (Å²) in [6.07, 6.45) is 1.79. The Morgan fingerprint density at radius 2 is 1.92 bits per heavy atom. The molecule has 130 valence electrons. The zero-order chi connectivity index (χ0) is 18.4. The number of likely N-dealkylation sites (N-methyl/N-ethyl adjacent to an activating group) is 1. The molecule has 0 aliphatic rings. The molecule has 0 fully saturated rings. The summed E-state index contributed by atoms with van der Waals surface area (Å²) in [4.78, 5) is 25.4. The summed E-state index contributed by atoms with van der Waals surface area (Å²) in [5.41, 5.74) is 1.60. The second kappa shape index (κ2) is 8.35. The monoisotopic (exact) mass is 358 g/mol. The number of hydrogen-bond donors (Lipinski definition) is 2. The first-order chi connectivity index (χ1) is 11.9. The van der Waals surface area contributed by atoms with Gasteiger partial charge in [-0.3, -0.25) is 9.59 Å². The van der Waals surface area contributed by atoms with Gasteiger partial charge >= 0.3 is 0 Å². The first-order valence-corrected chi connectivity index (χ1v) is 8.05. The van der Waals surface area contributed by atoms with Crippen LogP contribution in [0, 0.1) is 0 Å². The lowest BCUT2D eigenvalue weighted by molar-refractivity contribution is -0.111. The molecule has 2 aromatic rings. The number of hydrogen-bond acceptors (Lipinski definition) is 3. The van der Waals surface area contributed by atoms with E-state index in [-0.39, 0.29) is 23.1 Å². The number of nitrogens with zero attached hydrogens (tertiary/aromatic N) is 1. The Hall–Kier alpha value is -2.79. The number of amides is 2. The molecule has 2 aromatic carbocycles. The van der Waals surface area contributed by atoms with E-state index < -0.39 is 0 Å². The van der Waals surface area contributed by atoms with E-state index in [4.69, 9.17) is 11.6 Å². The van der Waals surface area contributed by atoms with E-state index in [2.05, 4.69) is 11.9 Å². The van der Waals surface area contributed by atoms with Crippen molar-refractivity contribution in [1.29, 1.82) is 0 Å². The van der Waals surface area contributed by atoms with Gasteiger partial charge in [-0.15, -0.1) is 0 Å². The Morgan fingerprint density at radius 1 is 1.24 bits per heavy atom. The maximum Gasteiger partial charge on any atom is 0.257 e. The predicted octanol–water partition coefficient (Wildman–Crippen LogP) is 3.48. The highest BCUT2D eigenvalue weighted by Crippen LogP contribution is 2.23. The molecule has 5 nitrogen and oxygen atoms in total. The topological polar surface area (TPSA) is 69.6 Å². The number of anilines is 1. The molecule has 0 saturated carbocycles. The van der Waals surface area contributed by atoms with Gasteiger partial charge in [0.25, 0.3) is 5.91 Å². The second-order valence-electron chi connectivity index (χ2n) is 5.53. The summed E-state index contributed by atoms with van der Waals surface area (Å²) in [5, 5.41) is 13.2. The van der Waals surface area contributed by atoms with Crippen molar-refractivity contribution in [2.24, 2.45) is 0 Å². The van der Waals surface area contributed by atoms with Gasteiger partial charge in [-0.05, 0) is 48.4 Å². The van der Waals surface area contributed by atoms with Crippen molar-refractivity contribution in [3.05, 3.63) is 71.3 Å². The minimum Gasteiger partial charge on any atom is -0.507 e. The number of halogens is 1. The largest absolute Gasteiger partial charge is 0.507 e. The number of carbonyl (C=O) groups excluding carboxylic acids is 2. The van der Waals surface area contributed by atoms with Gasteiger partial charge in [-0.1, -0.05) is 30.3 Å². The quantitative estimate of drug-likeness (QED) is 0.613. The lowest BCUT2D eigenvalue weighted by atomic mass is 10.1. The van der Waals surface area contributed by atoms with Crippen LogP contribution in [0.4, 0.5) is 5.69 Å². The van der Waals surface area contributed by atoms with Crippen LogP contribution in [0.25, 0.3) is 0 Å². The Labute approximate surface area is 151 Å². The third-order valence-electron chi connectivity index (χ3n) is 3.68. The van der Waals surface area contributed by atoms with Crippen molar-refractivity contribution in [3.63, 3.8) is 0 Å². The van der Waals surface area contributed by atoms with Gasteiger partial charge in [0.05, 0.1) is 5.56 Å². The molecule has 2 rings (SSSR count). The Morgan fingerprint density at radius 3 is 2.56 bits per heavy atom. The van der Waals surface area contributed by atoms with E-state index in [1.807, 2.05) is 12.1 Å². The van der Waals surface area contributed by atoms with Crippen LogP contribution in [0.1, 0.15) is 15.9 Å². The molecule has 0 aromatic heterocycles. The highest BCUT2D eigenvalue weighted by molar-refractivity contribution is 6.30. The third-order valence-corrected chi connectivity index (χ3v) is 3.93. The normalized spacial score (nSPS) is 10.2. The van der Waals surface area contributed by atoms with Crippen LogP contribution in [-0.2, 0) is 11.2 Å². The van der Waals surface area contributed by atoms with E-state index in [0.717, 1.165) is 11.6 Å². The first-order valence-electron chi connectivity index (χ1n) is 7.67. The molecule has 6 heteroatoms. The van der Waals surface area contributed by atoms with Crippen molar-refractivity contribution in [1.82, 2.24) is 4.90 Å². The Balaban J connectivity index is 2.07. The molecule has 0 aliphatic heterocycles. The van der Waals surface area contributed by atoms with E-state index in [0.29, 0.717) is 23.7 Å². The van der Waals surface area contributed by atoms with Gasteiger partial charge in [0.1, 0.15) is 5.75 Å². The molecule has 2 N–H and O–H groups in total. The standard InChI is InChI=1S/C19H19ClN2O3/c1-3-18(24)21-15-8-9-17(23)16(12-15)19(25)22(2)11-10-13-4-6-14(20)7-5-13/h3-9,12,23H,1,10-11H2,2H3,(H,21,24). The van der Waals surface area contributed by atoms with Gasteiger partial charge in [0, 0.05) is 24.3 Å². The van der Waals surface area contributed by atoms with Crippen LogP contribution in [0.5, 0.6) is 5.75 Å². The predicted molar refractivity (Wildman–Crippen MR) is 99.1 cm³/mol. The minimum atomic E-state index is -0.389. The third kappa shape index (κ3) is 5.09. The molecule has 2 amide bonds. The van der Waals surface area contributed by atoms with E-state index in [1.54, 1.807) is 19.2 Å². The van der Waals surface area contributed by atoms with Gasteiger partial charge in [0.15, 0.2) is 0 Å². The minimum absolute atomic E-state index is 0.125. The summed E-state index contributed by atoms with van der Waals surface area (Å²) in [6.45, 7) is 3.85. The SMILES string of the molecule is C=CC(=O)Nc1ccc(O)c(C(=O)N(C)CCc2ccc(Cl)cc2)c1. The van der Waals surface area contributed by atoms with Crippen LogP contribution in [0.15, 0.2) is 55.1 Å². The summed E-state index contributed by atoms with van der Waals surface area (Å²) < 4.78 is 0. The summed E-state index contributed by atoms with van der Waals surface area (Å²) in [6, 6.07) is 11.7. The number of nitrogens with one attached hydrogen (secondary N) is 1. The second-order valence-corrected chi connectivity index (χ2v) is 5.96. The number of phenolic OH excluding ortho intramolecular Hbond substituents is 1. The summed E-state index contributed by atoms with van der Waals surface area (Å²) in [5.74, 6) is -0.860. The van der Waals surface area contributed by atoms with Crippen LogP contribution >= 0.6 is 11.6 Å². The van der Waals surface area contributed by atoms with Crippen molar-refractivity contribution in [2.75, 3.05) is 18.9 Å². The number of benzene rings is 2. The van der Waals surface area contributed by atoms with Gasteiger partial charge < -0.3 is 15.3 Å². The Kier molecular flexibility index (Phi) is 6.19. The summed E-state index contributed by atoms with van der Waals surface area (Å²) in [7, 11) is 1.66. The van der Waals surface area contributed by atoms with Gasteiger partial charge in [0.2, 0.25) is 5.91 Å².